The van der Waals surface area contributed by atoms with Crippen molar-refractivity contribution in [3.8, 4) is 0 Å². The van der Waals surface area contributed by atoms with Gasteiger partial charge in [-0.25, -0.2) is 12.8 Å². The van der Waals surface area contributed by atoms with Crippen LogP contribution in [-0.4, -0.2) is 48.9 Å². The number of fused-ring (bicyclic) bond motifs is 2. The molecule has 0 radical (unpaired) electrons. The number of likely N-dealkylation sites (tertiary alicyclic amines) is 1. The van der Waals surface area contributed by atoms with E-state index in [9.17, 15) is 17.9 Å². The molecule has 1 heterocycles. The first-order chi connectivity index (χ1) is 15.7. The van der Waals surface area contributed by atoms with Gasteiger partial charge in [-0.3, -0.25) is 9.62 Å². The molecule has 184 valence electrons. The van der Waals surface area contributed by atoms with Gasteiger partial charge in [0.25, 0.3) is 0 Å². The lowest BCUT2D eigenvalue weighted by molar-refractivity contribution is 0.0139. The maximum Gasteiger partial charge on any atom is 0.235 e. The van der Waals surface area contributed by atoms with E-state index >= 15 is 0 Å². The second-order valence-corrected chi connectivity index (χ2v) is 12.7. The van der Waals surface area contributed by atoms with Crippen LogP contribution in [0.5, 0.6) is 0 Å². The summed E-state index contributed by atoms with van der Waals surface area (Å²) in [4.78, 5) is 2.37. The molecule has 2 aromatic rings. The van der Waals surface area contributed by atoms with Crippen LogP contribution in [0.15, 0.2) is 42.5 Å². The van der Waals surface area contributed by atoms with Crippen molar-refractivity contribution in [3.05, 3.63) is 65.0 Å². The molecule has 0 amide bonds. The van der Waals surface area contributed by atoms with Crippen molar-refractivity contribution in [1.82, 2.24) is 4.90 Å². The zero-order valence-electron chi connectivity index (χ0n) is 19.3. The van der Waals surface area contributed by atoms with Gasteiger partial charge >= 0.3 is 0 Å². The standard InChI is InChI=1S/C26H31FN2O3S.ClH/c1-2-26(19-9-20(27)11-21(10-19)28-33(31,32)22-7-8-22)23-14-29(15-24(23)26)16-25(30)12-17-5-3-4-6-18(17)13-25;/h3-6,9-11,22-24,28,30H,2,7-8,12-16H2,1H3;1H. The zero-order valence-corrected chi connectivity index (χ0v) is 21.0. The minimum atomic E-state index is -3.43. The lowest BCUT2D eigenvalue weighted by Crippen LogP contribution is -2.45. The van der Waals surface area contributed by atoms with Crippen molar-refractivity contribution in [2.75, 3.05) is 24.4 Å². The quantitative estimate of drug-likeness (QED) is 0.597. The number of benzene rings is 2. The number of hydrogen-bond acceptors (Lipinski definition) is 4. The van der Waals surface area contributed by atoms with E-state index in [0.29, 0.717) is 49.8 Å². The van der Waals surface area contributed by atoms with Gasteiger partial charge in [0.05, 0.1) is 16.5 Å². The fourth-order valence-electron chi connectivity index (χ4n) is 6.85. The molecule has 3 fully saturated rings. The lowest BCUT2D eigenvalue weighted by Gasteiger charge is -2.32. The van der Waals surface area contributed by atoms with Crippen molar-refractivity contribution >= 4 is 28.1 Å². The average molecular weight is 507 g/mol. The third-order valence-electron chi connectivity index (χ3n) is 8.53. The molecule has 1 aliphatic heterocycles. The smallest absolute Gasteiger partial charge is 0.235 e. The molecule has 0 aromatic heterocycles. The molecule has 4 aliphatic rings. The summed E-state index contributed by atoms with van der Waals surface area (Å²) in [6.45, 7) is 4.57. The molecular formula is C26H32ClFN2O3S. The highest BCUT2D eigenvalue weighted by Gasteiger charge is 2.67. The topological polar surface area (TPSA) is 69.6 Å². The largest absolute Gasteiger partial charge is 0.388 e. The third-order valence-corrected chi connectivity index (χ3v) is 10.4. The number of halogens is 2. The fraction of sp³-hybridized carbons (Fsp3) is 0.538. The molecule has 2 aromatic carbocycles. The summed E-state index contributed by atoms with van der Waals surface area (Å²) >= 11 is 0. The Hall–Kier alpha value is -1.67. The number of nitrogens with one attached hydrogen (secondary N) is 1. The van der Waals surface area contributed by atoms with Crippen LogP contribution in [0.25, 0.3) is 0 Å². The molecule has 2 atom stereocenters. The van der Waals surface area contributed by atoms with Gasteiger partial charge < -0.3 is 5.11 Å². The van der Waals surface area contributed by atoms with E-state index < -0.39 is 21.4 Å². The van der Waals surface area contributed by atoms with E-state index in [1.165, 1.54) is 17.2 Å². The molecule has 2 N–H and O–H groups in total. The van der Waals surface area contributed by atoms with Gasteiger partial charge in [-0.05, 0) is 66.0 Å². The minimum Gasteiger partial charge on any atom is -0.388 e. The predicted octanol–water partition coefficient (Wildman–Crippen LogP) is 3.89. The van der Waals surface area contributed by atoms with Gasteiger partial charge in [0.15, 0.2) is 0 Å². The Bertz CT molecular complexity index is 1180. The highest BCUT2D eigenvalue weighted by molar-refractivity contribution is 7.93. The van der Waals surface area contributed by atoms with Crippen LogP contribution in [0, 0.1) is 17.7 Å². The minimum absolute atomic E-state index is 0. The Kier molecular flexibility index (Phi) is 5.79. The summed E-state index contributed by atoms with van der Waals surface area (Å²) in [7, 11) is -3.43. The van der Waals surface area contributed by atoms with E-state index in [4.69, 9.17) is 0 Å². The van der Waals surface area contributed by atoms with E-state index in [1.54, 1.807) is 6.07 Å². The maximum absolute atomic E-state index is 14.5. The Morgan fingerprint density at radius 2 is 1.71 bits per heavy atom. The number of hydrogen-bond donors (Lipinski definition) is 2. The van der Waals surface area contributed by atoms with Crippen molar-refractivity contribution < 1.29 is 17.9 Å². The Balaban J connectivity index is 0.00000241. The molecule has 1 saturated heterocycles. The SMILES string of the molecule is CCC1(c2cc(F)cc(NS(=O)(=O)C3CC3)c2)C2CN(CC3(O)Cc4ccccc4C3)CC21.Cl. The second kappa shape index (κ2) is 8.19. The first-order valence-corrected chi connectivity index (χ1v) is 13.6. The van der Waals surface area contributed by atoms with E-state index in [1.807, 2.05) is 18.2 Å². The van der Waals surface area contributed by atoms with Crippen molar-refractivity contribution in [2.45, 2.75) is 55.3 Å². The van der Waals surface area contributed by atoms with E-state index in [0.717, 1.165) is 25.1 Å². The second-order valence-electron chi connectivity index (χ2n) is 10.7. The predicted molar refractivity (Wildman–Crippen MR) is 133 cm³/mol. The number of anilines is 1. The van der Waals surface area contributed by atoms with E-state index in [2.05, 4.69) is 28.7 Å². The van der Waals surface area contributed by atoms with Crippen LogP contribution in [0.1, 0.15) is 42.9 Å². The number of rotatable bonds is 7. The fourth-order valence-corrected chi connectivity index (χ4v) is 8.22. The van der Waals surface area contributed by atoms with Gasteiger partial charge in [-0.1, -0.05) is 31.2 Å². The van der Waals surface area contributed by atoms with Gasteiger partial charge in [0.2, 0.25) is 10.0 Å². The Morgan fingerprint density at radius 1 is 1.09 bits per heavy atom. The molecule has 2 saturated carbocycles. The number of sulfonamides is 1. The summed E-state index contributed by atoms with van der Waals surface area (Å²) in [6, 6.07) is 13.0. The first kappa shape index (κ1) is 24.0. The zero-order chi connectivity index (χ0) is 23.0. The molecular weight excluding hydrogens is 475 g/mol. The monoisotopic (exact) mass is 506 g/mol. The van der Waals surface area contributed by atoms with Crippen molar-refractivity contribution in [2.24, 2.45) is 11.8 Å². The molecule has 6 rings (SSSR count). The maximum atomic E-state index is 14.5. The molecule has 3 aliphatic carbocycles. The van der Waals surface area contributed by atoms with Gasteiger partial charge in [0, 0.05) is 37.9 Å². The summed E-state index contributed by atoms with van der Waals surface area (Å²) in [5.41, 5.74) is 2.90. The number of β-amino-alcohol motifs (C(OH)–C–C–N with tert-alkyl or cyclic N) is 1. The lowest BCUT2D eigenvalue weighted by atomic mass is 9.87. The van der Waals surface area contributed by atoms with Crippen LogP contribution in [0.4, 0.5) is 10.1 Å². The van der Waals surface area contributed by atoms with Gasteiger partial charge in [0.1, 0.15) is 5.82 Å². The number of aliphatic hydroxyl groups is 1. The third kappa shape index (κ3) is 3.94. The first-order valence-electron chi connectivity index (χ1n) is 12.1. The molecule has 0 bridgehead atoms. The summed E-state index contributed by atoms with van der Waals surface area (Å²) in [5.74, 6) is 0.419. The molecule has 0 spiro atoms. The van der Waals surface area contributed by atoms with Crippen LogP contribution < -0.4 is 4.72 Å². The van der Waals surface area contributed by atoms with Crippen LogP contribution >= 0.6 is 12.4 Å². The summed E-state index contributed by atoms with van der Waals surface area (Å²) in [6.07, 6.45) is 3.64. The molecule has 34 heavy (non-hydrogen) atoms. The van der Waals surface area contributed by atoms with Crippen molar-refractivity contribution in [1.29, 1.82) is 0 Å². The number of nitrogens with zero attached hydrogens (tertiary/aromatic N) is 1. The molecule has 5 nitrogen and oxygen atoms in total. The molecule has 2 unspecified atom stereocenters. The van der Waals surface area contributed by atoms with Crippen LogP contribution in [-0.2, 0) is 28.3 Å². The van der Waals surface area contributed by atoms with Gasteiger partial charge in [-0.2, -0.15) is 0 Å². The van der Waals surface area contributed by atoms with Gasteiger partial charge in [-0.15, -0.1) is 12.4 Å². The average Bonchev–Trinajstić information content (AvgIpc) is 3.62. The summed E-state index contributed by atoms with van der Waals surface area (Å²) < 4.78 is 41.9. The highest BCUT2D eigenvalue weighted by Crippen LogP contribution is 2.65. The summed E-state index contributed by atoms with van der Waals surface area (Å²) in [5, 5.41) is 10.9. The van der Waals surface area contributed by atoms with Crippen LogP contribution in [0.2, 0.25) is 0 Å². The Labute approximate surface area is 207 Å². The van der Waals surface area contributed by atoms with Crippen molar-refractivity contribution in [3.63, 3.8) is 0 Å². The highest BCUT2D eigenvalue weighted by atomic mass is 35.5. The normalized spacial score (nSPS) is 29.3. The Morgan fingerprint density at radius 3 is 2.26 bits per heavy atom. The van der Waals surface area contributed by atoms with E-state index in [-0.39, 0.29) is 23.1 Å². The molecule has 8 heteroatoms. The number of piperidine rings is 1. The van der Waals surface area contributed by atoms with Crippen LogP contribution in [0.3, 0.4) is 0 Å².